The molecule has 0 spiro atoms. The van der Waals surface area contributed by atoms with Gasteiger partial charge in [-0.25, -0.2) is 5.48 Å². The number of amides is 2. The fourth-order valence-electron chi connectivity index (χ4n) is 2.58. The zero-order chi connectivity index (χ0) is 17.6. The Hall–Kier alpha value is -2.70. The smallest absolute Gasteiger partial charge is 0.284 e. The molecule has 0 saturated carbocycles. The van der Waals surface area contributed by atoms with E-state index in [9.17, 15) is 9.59 Å². The molecule has 0 saturated heterocycles. The van der Waals surface area contributed by atoms with E-state index >= 15 is 0 Å². The lowest BCUT2D eigenvalue weighted by Gasteiger charge is -2.05. The van der Waals surface area contributed by atoms with E-state index in [2.05, 4.69) is 17.4 Å². The summed E-state index contributed by atoms with van der Waals surface area (Å²) in [6.07, 6.45) is 1.79. The van der Waals surface area contributed by atoms with Crippen molar-refractivity contribution in [1.29, 1.82) is 0 Å². The highest BCUT2D eigenvalue weighted by Crippen LogP contribution is 2.26. The lowest BCUT2D eigenvalue weighted by atomic mass is 10.1. The van der Waals surface area contributed by atoms with E-state index in [1.54, 1.807) is 29.7 Å². The van der Waals surface area contributed by atoms with Gasteiger partial charge in [0.05, 0.1) is 4.88 Å². The average molecular weight is 354 g/mol. The number of hydrogen-bond donors (Lipinski definition) is 3. The Morgan fingerprint density at radius 3 is 2.56 bits per heavy atom. The van der Waals surface area contributed by atoms with Crippen LogP contribution in [0.4, 0.5) is 0 Å². The van der Waals surface area contributed by atoms with Gasteiger partial charge in [0.1, 0.15) is 0 Å². The molecule has 128 valence electrons. The lowest BCUT2D eigenvalue weighted by Crippen LogP contribution is -2.24. The predicted octanol–water partition coefficient (Wildman–Crippen LogP) is 3.38. The number of hydrogen-bond acceptors (Lipinski definition) is 4. The Kier molecular flexibility index (Phi) is 5.42. The van der Waals surface area contributed by atoms with Crippen LogP contribution in [0.3, 0.4) is 0 Å². The molecule has 3 rings (SSSR count). The van der Waals surface area contributed by atoms with Crippen LogP contribution in [-0.2, 0) is 6.42 Å². The molecule has 0 atom stereocenters. The van der Waals surface area contributed by atoms with Crippen molar-refractivity contribution in [2.24, 2.45) is 0 Å². The predicted molar refractivity (Wildman–Crippen MR) is 98.2 cm³/mol. The standard InChI is InChI=1S/C19H18N2O3S/c22-18(20-10-4-7-13-5-2-1-3-6-13)15-9-8-14-11-17(19(23)21-24)25-16(14)12-15/h1-3,5-6,8-9,11-12,24H,4,7,10H2,(H,20,22)(H,21,23). The molecule has 1 aromatic heterocycles. The molecule has 0 unspecified atom stereocenters. The summed E-state index contributed by atoms with van der Waals surface area (Å²) in [7, 11) is 0. The summed E-state index contributed by atoms with van der Waals surface area (Å²) in [5.74, 6) is -0.676. The van der Waals surface area contributed by atoms with Gasteiger partial charge in [-0.15, -0.1) is 11.3 Å². The molecule has 3 aromatic rings. The maximum absolute atomic E-state index is 12.3. The van der Waals surface area contributed by atoms with E-state index in [4.69, 9.17) is 5.21 Å². The minimum atomic E-state index is -0.548. The third-order valence-corrected chi connectivity index (χ3v) is 4.97. The van der Waals surface area contributed by atoms with Gasteiger partial charge in [0.25, 0.3) is 11.8 Å². The first-order chi connectivity index (χ1) is 12.2. The minimum absolute atomic E-state index is 0.128. The Bertz CT molecular complexity index is 890. The molecule has 0 aliphatic rings. The van der Waals surface area contributed by atoms with Crippen molar-refractivity contribution in [2.45, 2.75) is 12.8 Å². The van der Waals surface area contributed by atoms with Gasteiger partial charge in [0.2, 0.25) is 0 Å². The van der Waals surface area contributed by atoms with Crippen molar-refractivity contribution >= 4 is 33.2 Å². The number of thiophene rings is 1. The van der Waals surface area contributed by atoms with Gasteiger partial charge >= 0.3 is 0 Å². The molecule has 2 aromatic carbocycles. The first kappa shape index (κ1) is 17.1. The molecular formula is C19H18N2O3S. The zero-order valence-corrected chi connectivity index (χ0v) is 14.3. The van der Waals surface area contributed by atoms with Crippen LogP contribution in [0.15, 0.2) is 54.6 Å². The number of fused-ring (bicyclic) bond motifs is 1. The number of rotatable bonds is 6. The van der Waals surface area contributed by atoms with Crippen molar-refractivity contribution in [2.75, 3.05) is 6.54 Å². The maximum atomic E-state index is 12.3. The van der Waals surface area contributed by atoms with E-state index in [0.717, 1.165) is 22.9 Å². The van der Waals surface area contributed by atoms with E-state index < -0.39 is 5.91 Å². The van der Waals surface area contributed by atoms with E-state index in [1.807, 2.05) is 18.2 Å². The van der Waals surface area contributed by atoms with Crippen molar-refractivity contribution < 1.29 is 14.8 Å². The van der Waals surface area contributed by atoms with Crippen LogP contribution in [0.1, 0.15) is 32.0 Å². The summed E-state index contributed by atoms with van der Waals surface area (Å²) in [5.41, 5.74) is 3.44. The molecule has 0 aliphatic carbocycles. The minimum Gasteiger partial charge on any atom is -0.352 e. The molecule has 3 N–H and O–H groups in total. The van der Waals surface area contributed by atoms with Crippen molar-refractivity contribution in [3.05, 3.63) is 70.6 Å². The van der Waals surface area contributed by atoms with E-state index in [1.165, 1.54) is 16.9 Å². The summed E-state index contributed by atoms with van der Waals surface area (Å²) in [5, 5.41) is 12.5. The molecular weight excluding hydrogens is 336 g/mol. The SMILES string of the molecule is O=C(NCCCc1ccccc1)c1ccc2cc(C(=O)NO)sc2c1. The van der Waals surface area contributed by atoms with Gasteiger partial charge < -0.3 is 5.32 Å². The summed E-state index contributed by atoms with van der Waals surface area (Å²) < 4.78 is 0.829. The van der Waals surface area contributed by atoms with Crippen LogP contribution in [-0.4, -0.2) is 23.6 Å². The van der Waals surface area contributed by atoms with Crippen LogP contribution in [0.2, 0.25) is 0 Å². The largest absolute Gasteiger partial charge is 0.352 e. The van der Waals surface area contributed by atoms with Gasteiger partial charge in [0, 0.05) is 16.8 Å². The van der Waals surface area contributed by atoms with Crippen LogP contribution in [0.25, 0.3) is 10.1 Å². The molecule has 1 heterocycles. The van der Waals surface area contributed by atoms with E-state index in [0.29, 0.717) is 17.0 Å². The second-order valence-corrected chi connectivity index (χ2v) is 6.73. The highest BCUT2D eigenvalue weighted by molar-refractivity contribution is 7.20. The van der Waals surface area contributed by atoms with Crippen LogP contribution in [0, 0.1) is 0 Å². The fourth-order valence-corrected chi connectivity index (χ4v) is 3.57. The number of hydroxylamine groups is 1. The Balaban J connectivity index is 1.59. The van der Waals surface area contributed by atoms with Gasteiger partial charge in [-0.1, -0.05) is 36.4 Å². The number of carbonyl (C=O) groups is 2. The summed E-state index contributed by atoms with van der Waals surface area (Å²) >= 11 is 1.24. The zero-order valence-electron chi connectivity index (χ0n) is 13.5. The maximum Gasteiger partial charge on any atom is 0.284 e. The molecule has 0 fully saturated rings. The van der Waals surface area contributed by atoms with E-state index in [-0.39, 0.29) is 5.91 Å². The normalized spacial score (nSPS) is 10.6. The molecule has 5 nitrogen and oxygen atoms in total. The van der Waals surface area contributed by atoms with Gasteiger partial charge in [-0.05, 0) is 42.0 Å². The highest BCUT2D eigenvalue weighted by Gasteiger charge is 2.11. The number of benzene rings is 2. The van der Waals surface area contributed by atoms with Crippen molar-refractivity contribution in [3.8, 4) is 0 Å². The molecule has 0 aliphatic heterocycles. The monoisotopic (exact) mass is 354 g/mol. The summed E-state index contributed by atoms with van der Waals surface area (Å²) in [6.45, 7) is 0.606. The van der Waals surface area contributed by atoms with Gasteiger partial charge in [-0.3, -0.25) is 14.8 Å². The van der Waals surface area contributed by atoms with Crippen molar-refractivity contribution in [1.82, 2.24) is 10.8 Å². The number of nitrogens with one attached hydrogen (secondary N) is 2. The third-order valence-electron chi connectivity index (χ3n) is 3.88. The lowest BCUT2D eigenvalue weighted by molar-refractivity contribution is 0.0711. The molecule has 6 heteroatoms. The first-order valence-corrected chi connectivity index (χ1v) is 8.79. The molecule has 0 bridgehead atoms. The van der Waals surface area contributed by atoms with Crippen molar-refractivity contribution in [3.63, 3.8) is 0 Å². The average Bonchev–Trinajstić information content (AvgIpc) is 3.08. The molecule has 2 amide bonds. The Morgan fingerprint density at radius 1 is 1.00 bits per heavy atom. The number of carbonyl (C=O) groups excluding carboxylic acids is 2. The molecule has 25 heavy (non-hydrogen) atoms. The van der Waals surface area contributed by atoms with Gasteiger partial charge in [0.15, 0.2) is 0 Å². The van der Waals surface area contributed by atoms with Crippen LogP contribution in [0.5, 0.6) is 0 Å². The molecule has 0 radical (unpaired) electrons. The summed E-state index contributed by atoms with van der Waals surface area (Å²) in [6, 6.07) is 17.2. The quantitative estimate of drug-likeness (QED) is 0.361. The fraction of sp³-hybridized carbons (Fsp3) is 0.158. The summed E-state index contributed by atoms with van der Waals surface area (Å²) in [4.78, 5) is 24.1. The second-order valence-electron chi connectivity index (χ2n) is 5.65. The topological polar surface area (TPSA) is 78.4 Å². The first-order valence-electron chi connectivity index (χ1n) is 7.97. The Morgan fingerprint density at radius 2 is 1.80 bits per heavy atom. The number of aryl methyl sites for hydroxylation is 1. The third kappa shape index (κ3) is 4.23. The van der Waals surface area contributed by atoms with Gasteiger partial charge in [-0.2, -0.15) is 0 Å². The van der Waals surface area contributed by atoms with Crippen LogP contribution < -0.4 is 10.8 Å². The highest BCUT2D eigenvalue weighted by atomic mass is 32.1. The van der Waals surface area contributed by atoms with Crippen LogP contribution >= 0.6 is 11.3 Å². The Labute approximate surface area is 149 Å². The second kappa shape index (κ2) is 7.92.